The molecule has 1 saturated heterocycles. The van der Waals surface area contributed by atoms with Crippen molar-refractivity contribution in [1.82, 2.24) is 15.5 Å². The van der Waals surface area contributed by atoms with Gasteiger partial charge in [-0.15, -0.1) is 6.42 Å². The second-order valence-electron chi connectivity index (χ2n) is 4.13. The topological polar surface area (TPSA) is 61.4 Å². The summed E-state index contributed by atoms with van der Waals surface area (Å²) in [7, 11) is 0. The monoisotopic (exact) mass is 237 g/mol. The summed E-state index contributed by atoms with van der Waals surface area (Å²) in [5, 5.41) is 5.43. The summed E-state index contributed by atoms with van der Waals surface area (Å²) in [5.41, 5.74) is 0. The molecule has 0 spiro atoms. The second kappa shape index (κ2) is 6.92. The van der Waals surface area contributed by atoms with Crippen molar-refractivity contribution in [2.75, 3.05) is 26.2 Å². The minimum atomic E-state index is -0.465. The minimum absolute atomic E-state index is 0.00667. The van der Waals surface area contributed by atoms with Gasteiger partial charge in [-0.05, 0) is 19.8 Å². The van der Waals surface area contributed by atoms with Crippen molar-refractivity contribution in [3.05, 3.63) is 0 Å². The van der Waals surface area contributed by atoms with Crippen LogP contribution in [0.1, 0.15) is 19.8 Å². The van der Waals surface area contributed by atoms with Gasteiger partial charge in [0.25, 0.3) is 0 Å². The Hall–Kier alpha value is -1.54. The number of hydrogen-bond acceptors (Lipinski definition) is 3. The zero-order valence-corrected chi connectivity index (χ0v) is 10.2. The molecule has 1 aliphatic heterocycles. The van der Waals surface area contributed by atoms with E-state index in [4.69, 9.17) is 6.42 Å². The highest BCUT2D eigenvalue weighted by atomic mass is 16.2. The first-order valence-corrected chi connectivity index (χ1v) is 5.87. The van der Waals surface area contributed by atoms with Crippen LogP contribution in [-0.4, -0.2) is 48.9 Å². The molecule has 1 aliphatic rings. The van der Waals surface area contributed by atoms with E-state index >= 15 is 0 Å². The maximum Gasteiger partial charge on any atom is 0.244 e. The third-order valence-electron chi connectivity index (χ3n) is 2.68. The molecule has 5 nitrogen and oxygen atoms in total. The molecule has 0 saturated carbocycles. The largest absolute Gasteiger partial charge is 0.343 e. The van der Waals surface area contributed by atoms with Crippen LogP contribution in [0.15, 0.2) is 0 Å². The van der Waals surface area contributed by atoms with Gasteiger partial charge in [-0.3, -0.25) is 14.9 Å². The highest BCUT2D eigenvalue weighted by molar-refractivity contribution is 5.88. The smallest absolute Gasteiger partial charge is 0.244 e. The maximum absolute atomic E-state index is 11.9. The average Bonchev–Trinajstić information content (AvgIpc) is 2.81. The minimum Gasteiger partial charge on any atom is -0.343 e. The highest BCUT2D eigenvalue weighted by Gasteiger charge is 2.23. The molecule has 0 bridgehead atoms. The van der Waals surface area contributed by atoms with Crippen molar-refractivity contribution in [1.29, 1.82) is 0 Å². The number of nitrogens with one attached hydrogen (secondary N) is 2. The predicted molar refractivity (Wildman–Crippen MR) is 65.1 cm³/mol. The van der Waals surface area contributed by atoms with E-state index in [1.54, 1.807) is 11.8 Å². The number of carbonyl (C=O) groups is 2. The molecule has 94 valence electrons. The zero-order chi connectivity index (χ0) is 12.7. The molecule has 2 N–H and O–H groups in total. The fraction of sp³-hybridized carbons (Fsp3) is 0.667. The van der Waals surface area contributed by atoms with E-state index in [2.05, 4.69) is 16.6 Å². The Morgan fingerprint density at radius 1 is 1.41 bits per heavy atom. The lowest BCUT2D eigenvalue weighted by molar-refractivity contribution is -0.134. The summed E-state index contributed by atoms with van der Waals surface area (Å²) in [6, 6.07) is -0.465. The molecule has 0 aromatic carbocycles. The highest BCUT2D eigenvalue weighted by Crippen LogP contribution is 2.08. The van der Waals surface area contributed by atoms with E-state index in [9.17, 15) is 9.59 Å². The fourth-order valence-electron chi connectivity index (χ4n) is 1.81. The van der Waals surface area contributed by atoms with Gasteiger partial charge >= 0.3 is 0 Å². The molecule has 0 aliphatic carbocycles. The van der Waals surface area contributed by atoms with E-state index in [1.165, 1.54) is 0 Å². The van der Waals surface area contributed by atoms with E-state index < -0.39 is 6.04 Å². The van der Waals surface area contributed by atoms with Crippen LogP contribution in [0, 0.1) is 12.3 Å². The zero-order valence-electron chi connectivity index (χ0n) is 10.2. The number of likely N-dealkylation sites (tertiary alicyclic amines) is 1. The van der Waals surface area contributed by atoms with Crippen LogP contribution in [0.2, 0.25) is 0 Å². The quantitative estimate of drug-likeness (QED) is 0.493. The normalized spacial score (nSPS) is 16.4. The number of rotatable bonds is 5. The number of amides is 2. The molecule has 1 atom stereocenters. The van der Waals surface area contributed by atoms with Gasteiger partial charge in [0.15, 0.2) is 0 Å². The van der Waals surface area contributed by atoms with Gasteiger partial charge in [0.05, 0.1) is 13.1 Å². The molecule has 1 fully saturated rings. The lowest BCUT2D eigenvalue weighted by Crippen LogP contribution is -2.48. The first-order valence-electron chi connectivity index (χ1n) is 5.87. The molecule has 1 heterocycles. The Morgan fingerprint density at radius 2 is 2.06 bits per heavy atom. The van der Waals surface area contributed by atoms with Crippen molar-refractivity contribution in [2.45, 2.75) is 25.8 Å². The number of nitrogens with zero attached hydrogens (tertiary/aromatic N) is 1. The number of carbonyl (C=O) groups excluding carboxylic acids is 2. The lowest BCUT2D eigenvalue weighted by atomic mass is 10.3. The Bertz CT molecular complexity index is 316. The summed E-state index contributed by atoms with van der Waals surface area (Å²) in [6.45, 7) is 3.80. The van der Waals surface area contributed by atoms with Crippen LogP contribution in [0.4, 0.5) is 0 Å². The Labute approximate surface area is 102 Å². The van der Waals surface area contributed by atoms with Crippen LogP contribution in [0.5, 0.6) is 0 Å². The molecular weight excluding hydrogens is 218 g/mol. The average molecular weight is 237 g/mol. The van der Waals surface area contributed by atoms with Gasteiger partial charge in [-0.25, -0.2) is 0 Å². The summed E-state index contributed by atoms with van der Waals surface area (Å²) in [6.07, 6.45) is 7.15. The van der Waals surface area contributed by atoms with Crippen molar-refractivity contribution < 1.29 is 9.59 Å². The molecule has 5 heteroatoms. The molecule has 0 aromatic rings. The van der Waals surface area contributed by atoms with Gasteiger partial charge in [0.1, 0.15) is 6.04 Å². The molecule has 0 radical (unpaired) electrons. The Balaban J connectivity index is 2.27. The van der Waals surface area contributed by atoms with Gasteiger partial charge in [0, 0.05) is 13.1 Å². The molecule has 1 unspecified atom stereocenters. The SMILES string of the molecule is C#CCNCC(=O)NC(C)C(=O)N1CCCC1. The first-order chi connectivity index (χ1) is 8.15. The first kappa shape index (κ1) is 13.5. The second-order valence-corrected chi connectivity index (χ2v) is 4.13. The van der Waals surface area contributed by atoms with Crippen LogP contribution in [0.25, 0.3) is 0 Å². The number of hydrogen-bond donors (Lipinski definition) is 2. The van der Waals surface area contributed by atoms with Crippen molar-refractivity contribution in [3.63, 3.8) is 0 Å². The maximum atomic E-state index is 11.9. The van der Waals surface area contributed by atoms with Crippen LogP contribution in [0.3, 0.4) is 0 Å². The van der Waals surface area contributed by atoms with E-state index in [0.29, 0.717) is 6.54 Å². The lowest BCUT2D eigenvalue weighted by Gasteiger charge is -2.21. The van der Waals surface area contributed by atoms with Crippen LogP contribution >= 0.6 is 0 Å². The van der Waals surface area contributed by atoms with E-state index in [-0.39, 0.29) is 18.4 Å². The molecule has 1 rings (SSSR count). The summed E-state index contributed by atoms with van der Waals surface area (Å²) in [5.74, 6) is 2.16. The van der Waals surface area contributed by atoms with Crippen molar-refractivity contribution in [3.8, 4) is 12.3 Å². The van der Waals surface area contributed by atoms with Crippen molar-refractivity contribution >= 4 is 11.8 Å². The number of terminal acetylenes is 1. The summed E-state index contributed by atoms with van der Waals surface area (Å²) < 4.78 is 0. The third-order valence-corrected chi connectivity index (χ3v) is 2.68. The molecular formula is C12H19N3O2. The van der Waals surface area contributed by atoms with Gasteiger partial charge in [-0.2, -0.15) is 0 Å². The predicted octanol–water partition coefficient (Wildman–Crippen LogP) is -0.664. The Kier molecular flexibility index (Phi) is 5.50. The summed E-state index contributed by atoms with van der Waals surface area (Å²) >= 11 is 0. The molecule has 0 aromatic heterocycles. The Morgan fingerprint density at radius 3 is 2.65 bits per heavy atom. The molecule has 2 amide bonds. The van der Waals surface area contributed by atoms with Gasteiger partial charge < -0.3 is 10.2 Å². The van der Waals surface area contributed by atoms with Crippen LogP contribution < -0.4 is 10.6 Å². The van der Waals surface area contributed by atoms with E-state index in [1.807, 2.05) is 0 Å². The third kappa shape index (κ3) is 4.45. The van der Waals surface area contributed by atoms with Gasteiger partial charge in [-0.1, -0.05) is 5.92 Å². The molecule has 17 heavy (non-hydrogen) atoms. The fourth-order valence-corrected chi connectivity index (χ4v) is 1.81. The standard InChI is InChI=1S/C12H19N3O2/c1-3-6-13-9-11(16)14-10(2)12(17)15-7-4-5-8-15/h1,10,13H,4-9H2,2H3,(H,14,16). The van der Waals surface area contributed by atoms with Gasteiger partial charge in [0.2, 0.25) is 11.8 Å². The van der Waals surface area contributed by atoms with Crippen LogP contribution in [-0.2, 0) is 9.59 Å². The van der Waals surface area contributed by atoms with Crippen molar-refractivity contribution in [2.24, 2.45) is 0 Å². The summed E-state index contributed by atoms with van der Waals surface area (Å²) in [4.78, 5) is 25.1. The van der Waals surface area contributed by atoms with E-state index in [0.717, 1.165) is 25.9 Å².